The highest BCUT2D eigenvalue weighted by Crippen LogP contribution is 2.31. The van der Waals surface area contributed by atoms with Crippen LogP contribution in [0.15, 0.2) is 0 Å². The Hall–Kier alpha value is -0.530. The lowest BCUT2D eigenvalue weighted by Crippen LogP contribution is -2.39. The highest BCUT2D eigenvalue weighted by atomic mass is 16.2. The van der Waals surface area contributed by atoms with E-state index in [1.807, 2.05) is 0 Å². The van der Waals surface area contributed by atoms with Gasteiger partial charge in [0.15, 0.2) is 0 Å². The highest BCUT2D eigenvalue weighted by molar-refractivity contribution is 5.76. The van der Waals surface area contributed by atoms with Crippen LogP contribution >= 0.6 is 0 Å². The molecule has 0 aliphatic carbocycles. The van der Waals surface area contributed by atoms with Gasteiger partial charge in [0.2, 0.25) is 5.91 Å². The number of likely N-dealkylation sites (tertiary alicyclic amines) is 1. The monoisotopic (exact) mass is 267 g/mol. The number of amides is 1. The van der Waals surface area contributed by atoms with Crippen molar-refractivity contribution >= 4 is 5.91 Å². The summed E-state index contributed by atoms with van der Waals surface area (Å²) in [7, 11) is 0. The summed E-state index contributed by atoms with van der Waals surface area (Å²) in [6, 6.07) is 0. The Morgan fingerprint density at radius 1 is 1.00 bits per heavy atom. The van der Waals surface area contributed by atoms with Crippen molar-refractivity contribution in [2.24, 2.45) is 16.7 Å². The Morgan fingerprint density at radius 3 is 1.95 bits per heavy atom. The average Bonchev–Trinajstić information content (AvgIpc) is 2.23. The second kappa shape index (κ2) is 6.28. The summed E-state index contributed by atoms with van der Waals surface area (Å²) in [4.78, 5) is 14.3. The first kappa shape index (κ1) is 16.5. The molecule has 1 aliphatic heterocycles. The summed E-state index contributed by atoms with van der Waals surface area (Å²) in [5.41, 5.74) is 0.684. The lowest BCUT2D eigenvalue weighted by atomic mass is 9.80. The van der Waals surface area contributed by atoms with E-state index in [-0.39, 0.29) is 5.41 Å². The van der Waals surface area contributed by atoms with Crippen LogP contribution in [0, 0.1) is 16.7 Å². The molecule has 0 atom stereocenters. The van der Waals surface area contributed by atoms with Crippen molar-refractivity contribution in [3.63, 3.8) is 0 Å². The molecule has 0 aromatic carbocycles. The molecule has 0 aromatic rings. The van der Waals surface area contributed by atoms with Gasteiger partial charge in [0.05, 0.1) is 0 Å². The SMILES string of the molecule is CC(C)(C)CCC(=O)N1CCC(CC(C)(C)C)CC1. The van der Waals surface area contributed by atoms with Crippen molar-refractivity contribution in [2.45, 2.75) is 73.6 Å². The van der Waals surface area contributed by atoms with Gasteiger partial charge in [-0.1, -0.05) is 41.5 Å². The van der Waals surface area contributed by atoms with Crippen LogP contribution in [0.2, 0.25) is 0 Å². The van der Waals surface area contributed by atoms with Crippen molar-refractivity contribution < 1.29 is 4.79 Å². The Labute approximate surface area is 119 Å². The predicted molar refractivity (Wildman–Crippen MR) is 82.1 cm³/mol. The van der Waals surface area contributed by atoms with Gasteiger partial charge in [-0.05, 0) is 42.4 Å². The van der Waals surface area contributed by atoms with E-state index in [4.69, 9.17) is 0 Å². The number of carbonyl (C=O) groups is 1. The minimum absolute atomic E-state index is 0.264. The van der Waals surface area contributed by atoms with Crippen LogP contribution in [0.1, 0.15) is 73.6 Å². The quantitative estimate of drug-likeness (QED) is 0.738. The molecule has 1 saturated heterocycles. The molecule has 0 N–H and O–H groups in total. The van der Waals surface area contributed by atoms with Crippen LogP contribution in [0.25, 0.3) is 0 Å². The number of carbonyl (C=O) groups excluding carboxylic acids is 1. The van der Waals surface area contributed by atoms with Gasteiger partial charge in [-0.2, -0.15) is 0 Å². The molecule has 0 bridgehead atoms. The largest absolute Gasteiger partial charge is 0.343 e. The van der Waals surface area contributed by atoms with Gasteiger partial charge >= 0.3 is 0 Å². The molecule has 19 heavy (non-hydrogen) atoms. The van der Waals surface area contributed by atoms with E-state index in [0.29, 0.717) is 17.7 Å². The van der Waals surface area contributed by atoms with Crippen LogP contribution in [0.5, 0.6) is 0 Å². The minimum atomic E-state index is 0.264. The second-order valence-corrected chi connectivity index (χ2v) is 8.65. The predicted octanol–water partition coefficient (Wildman–Crippen LogP) is 4.49. The molecule has 112 valence electrons. The van der Waals surface area contributed by atoms with E-state index in [2.05, 4.69) is 46.4 Å². The maximum atomic E-state index is 12.2. The van der Waals surface area contributed by atoms with Gasteiger partial charge in [0.1, 0.15) is 0 Å². The van der Waals surface area contributed by atoms with Crippen LogP contribution in [-0.4, -0.2) is 23.9 Å². The fourth-order valence-corrected chi connectivity index (χ4v) is 2.89. The van der Waals surface area contributed by atoms with Gasteiger partial charge in [0, 0.05) is 19.5 Å². The third-order valence-corrected chi connectivity index (χ3v) is 3.96. The standard InChI is InChI=1S/C17H33NO/c1-16(2,3)10-7-15(19)18-11-8-14(9-12-18)13-17(4,5)6/h14H,7-13H2,1-6H3. The van der Waals surface area contributed by atoms with Crippen LogP contribution in [-0.2, 0) is 4.79 Å². The van der Waals surface area contributed by atoms with Crippen LogP contribution in [0.3, 0.4) is 0 Å². The number of hydrogen-bond acceptors (Lipinski definition) is 1. The maximum Gasteiger partial charge on any atom is 0.222 e. The highest BCUT2D eigenvalue weighted by Gasteiger charge is 2.26. The number of rotatable bonds is 3. The van der Waals surface area contributed by atoms with Crippen molar-refractivity contribution in [1.82, 2.24) is 4.90 Å². The van der Waals surface area contributed by atoms with E-state index >= 15 is 0 Å². The molecule has 1 rings (SSSR count). The third kappa shape index (κ3) is 6.98. The molecule has 0 aromatic heterocycles. The topological polar surface area (TPSA) is 20.3 Å². The molecule has 0 unspecified atom stereocenters. The molecule has 1 fully saturated rings. The molecule has 0 saturated carbocycles. The Morgan fingerprint density at radius 2 is 1.53 bits per heavy atom. The van der Waals surface area contributed by atoms with Crippen molar-refractivity contribution in [1.29, 1.82) is 0 Å². The van der Waals surface area contributed by atoms with Gasteiger partial charge < -0.3 is 4.90 Å². The first-order chi connectivity index (χ1) is 8.57. The number of piperidine rings is 1. The van der Waals surface area contributed by atoms with E-state index in [9.17, 15) is 4.79 Å². The first-order valence-electron chi connectivity index (χ1n) is 7.85. The van der Waals surface area contributed by atoms with E-state index in [1.165, 1.54) is 19.3 Å². The fraction of sp³-hybridized carbons (Fsp3) is 0.941. The molecule has 1 heterocycles. The maximum absolute atomic E-state index is 12.2. The van der Waals surface area contributed by atoms with E-state index in [0.717, 1.165) is 25.4 Å². The lowest BCUT2D eigenvalue weighted by Gasteiger charge is -2.35. The average molecular weight is 267 g/mol. The van der Waals surface area contributed by atoms with Gasteiger partial charge in [-0.3, -0.25) is 4.79 Å². The Balaban J connectivity index is 2.31. The smallest absolute Gasteiger partial charge is 0.222 e. The molecule has 0 radical (unpaired) electrons. The molecule has 1 aliphatic rings. The van der Waals surface area contributed by atoms with E-state index in [1.54, 1.807) is 0 Å². The third-order valence-electron chi connectivity index (χ3n) is 3.96. The zero-order valence-electron chi connectivity index (χ0n) is 13.9. The first-order valence-corrected chi connectivity index (χ1v) is 7.85. The molecule has 0 spiro atoms. The summed E-state index contributed by atoms with van der Waals surface area (Å²) in [6.45, 7) is 15.5. The van der Waals surface area contributed by atoms with Gasteiger partial charge in [-0.25, -0.2) is 0 Å². The molecular weight excluding hydrogens is 234 g/mol. The summed E-state index contributed by atoms with van der Waals surface area (Å²) in [6.07, 6.45) is 5.38. The minimum Gasteiger partial charge on any atom is -0.343 e. The molecule has 2 heteroatoms. The summed E-state index contributed by atoms with van der Waals surface area (Å²) >= 11 is 0. The Kier molecular flexibility index (Phi) is 5.46. The second-order valence-electron chi connectivity index (χ2n) is 8.65. The zero-order chi connectivity index (χ0) is 14.7. The van der Waals surface area contributed by atoms with Gasteiger partial charge in [0.25, 0.3) is 0 Å². The van der Waals surface area contributed by atoms with Crippen LogP contribution < -0.4 is 0 Å². The normalized spacial score (nSPS) is 18.7. The zero-order valence-corrected chi connectivity index (χ0v) is 13.9. The number of hydrogen-bond donors (Lipinski definition) is 0. The van der Waals surface area contributed by atoms with Gasteiger partial charge in [-0.15, -0.1) is 0 Å². The molecule has 1 amide bonds. The molecular formula is C17H33NO. The summed E-state index contributed by atoms with van der Waals surface area (Å²) in [5.74, 6) is 1.18. The lowest BCUT2D eigenvalue weighted by molar-refractivity contribution is -0.133. The number of nitrogens with zero attached hydrogens (tertiary/aromatic N) is 1. The fourth-order valence-electron chi connectivity index (χ4n) is 2.89. The molecule has 2 nitrogen and oxygen atoms in total. The Bertz CT molecular complexity index is 287. The summed E-state index contributed by atoms with van der Waals surface area (Å²) in [5, 5.41) is 0. The van der Waals surface area contributed by atoms with E-state index < -0.39 is 0 Å². The van der Waals surface area contributed by atoms with Crippen molar-refractivity contribution in [2.75, 3.05) is 13.1 Å². The van der Waals surface area contributed by atoms with Crippen molar-refractivity contribution in [3.8, 4) is 0 Å². The van der Waals surface area contributed by atoms with Crippen molar-refractivity contribution in [3.05, 3.63) is 0 Å². The van der Waals surface area contributed by atoms with Crippen LogP contribution in [0.4, 0.5) is 0 Å². The summed E-state index contributed by atoms with van der Waals surface area (Å²) < 4.78 is 0.